The molecule has 14 N–H and O–H groups in total. The van der Waals surface area contributed by atoms with Crippen molar-refractivity contribution in [3.8, 4) is 0 Å². The Labute approximate surface area is 403 Å². The van der Waals surface area contributed by atoms with Gasteiger partial charge >= 0.3 is 0 Å². The Hall–Kier alpha value is -1.90. The first-order chi connectivity index (χ1) is 32.8. The maximum atomic E-state index is 11.4. The molecular weight excluding hydrogens is 920 g/mol. The van der Waals surface area contributed by atoms with Crippen LogP contribution in [0.3, 0.4) is 0 Å². The van der Waals surface area contributed by atoms with Crippen LogP contribution in [0, 0.1) is 6.92 Å². The molecule has 21 unspecified atom stereocenters. The van der Waals surface area contributed by atoms with E-state index < -0.39 is 156 Å². The number of hydrogen-bond acceptors (Lipinski definition) is 24. The predicted molar refractivity (Wildman–Crippen MR) is 242 cm³/mol. The lowest BCUT2D eigenvalue weighted by Gasteiger charge is -2.49. The summed E-state index contributed by atoms with van der Waals surface area (Å²) in [4.78, 5) is 2.11. The fourth-order valence-corrected chi connectivity index (χ4v) is 8.28. The van der Waals surface area contributed by atoms with Gasteiger partial charge in [0.05, 0.1) is 45.7 Å². The van der Waals surface area contributed by atoms with Crippen molar-refractivity contribution >= 4 is 5.69 Å². The first-order valence-corrected chi connectivity index (χ1v) is 23.4. The zero-order chi connectivity index (χ0) is 51.7. The minimum atomic E-state index is -1.95. The van der Waals surface area contributed by atoms with E-state index in [0.717, 1.165) is 19.3 Å². The number of anilines is 1. The maximum Gasteiger partial charge on any atom is 0.187 e. The third-order valence-corrected chi connectivity index (χ3v) is 12.4. The summed E-state index contributed by atoms with van der Waals surface area (Å²) in [5.74, 6) is 0. The molecule has 0 radical (unpaired) electrons. The van der Waals surface area contributed by atoms with Gasteiger partial charge in [0.25, 0.3) is 0 Å². The highest BCUT2D eigenvalue weighted by molar-refractivity contribution is 5.50. The quantitative estimate of drug-likeness (QED) is 0.0590. The van der Waals surface area contributed by atoms with Gasteiger partial charge in [0.15, 0.2) is 18.9 Å². The van der Waals surface area contributed by atoms with E-state index in [2.05, 4.69) is 43.9 Å². The van der Waals surface area contributed by atoms with Crippen LogP contribution < -0.4 is 10.6 Å². The number of aliphatic hydroxyl groups excluding tert-OH is 12. The molecular formula is C45H82N2O22. The van der Waals surface area contributed by atoms with Crippen molar-refractivity contribution in [2.75, 3.05) is 79.5 Å². The Balaban J connectivity index is 0.000000551. The van der Waals surface area contributed by atoms with Crippen LogP contribution in [0.5, 0.6) is 0 Å². The van der Waals surface area contributed by atoms with E-state index >= 15 is 0 Å². The van der Waals surface area contributed by atoms with Crippen molar-refractivity contribution in [3.05, 3.63) is 29.3 Å². The van der Waals surface area contributed by atoms with Gasteiger partial charge in [-0.15, -0.1) is 0 Å². The van der Waals surface area contributed by atoms with Crippen LogP contribution >= 0.6 is 0 Å². The summed E-state index contributed by atoms with van der Waals surface area (Å²) in [5.41, 5.74) is 9.78. The lowest BCUT2D eigenvalue weighted by atomic mass is 9.94. The van der Waals surface area contributed by atoms with Crippen molar-refractivity contribution in [2.45, 2.75) is 176 Å². The van der Waals surface area contributed by atoms with E-state index in [0.29, 0.717) is 6.61 Å². The number of nitrogens with zero attached hydrogens (tertiary/aromatic N) is 1. The average molecular weight is 1000 g/mol. The molecule has 0 aromatic heterocycles. The van der Waals surface area contributed by atoms with Gasteiger partial charge in [-0.3, -0.25) is 0 Å². The van der Waals surface area contributed by atoms with Crippen LogP contribution in [0.2, 0.25) is 0 Å². The van der Waals surface area contributed by atoms with Crippen molar-refractivity contribution < 1.29 is 109 Å². The normalized spacial score (nSPS) is 38.6. The summed E-state index contributed by atoms with van der Waals surface area (Å²) in [6, 6.07) is 6.62. The Bertz CT molecular complexity index is 1550. The molecule has 1 aromatic carbocycles. The highest BCUT2D eigenvalue weighted by atomic mass is 16.8. The van der Waals surface area contributed by atoms with Gasteiger partial charge in [0.1, 0.15) is 97.7 Å². The van der Waals surface area contributed by atoms with Gasteiger partial charge in [-0.05, 0) is 49.9 Å². The molecule has 24 nitrogen and oxygen atoms in total. The zero-order valence-corrected chi connectivity index (χ0v) is 40.9. The number of rotatable bonds is 20. The summed E-state index contributed by atoms with van der Waals surface area (Å²) in [6.45, 7) is 4.76. The highest BCUT2D eigenvalue weighted by Crippen LogP contribution is 2.35. The standard InChI is InChI=1S/C29H52O21.C12H20N2.C4H10O/c1-10-15(34)16(35)24(13(8-33)45-10)49-28-20(39)18(37)25(50-29-26(43-5-4-30)21(40)23(42-3)12(7-32)47-29)14(48-28)9-44-27-19(38)17(36)22(41-2)11(6-31)46-27;1-5-12(13)11-7-6-10(14(3)4)8-9(11)2;1-2-3-4-5/h10-40H,4-9H2,1-3H3;6-8,12H,5,13H2,1-4H3;5H,2-4H2,1H3. The largest absolute Gasteiger partial charge is 0.396 e. The van der Waals surface area contributed by atoms with Gasteiger partial charge in [0.2, 0.25) is 0 Å². The molecule has 69 heavy (non-hydrogen) atoms. The lowest BCUT2D eigenvalue weighted by molar-refractivity contribution is -0.381. The molecule has 0 spiro atoms. The Morgan fingerprint density at radius 3 is 1.62 bits per heavy atom. The molecule has 21 atom stereocenters. The smallest absolute Gasteiger partial charge is 0.187 e. The van der Waals surface area contributed by atoms with Gasteiger partial charge in [0, 0.05) is 46.7 Å². The number of aliphatic hydroxyl groups is 12. The Morgan fingerprint density at radius 1 is 0.609 bits per heavy atom. The first-order valence-electron chi connectivity index (χ1n) is 23.4. The fourth-order valence-electron chi connectivity index (χ4n) is 8.28. The molecule has 1 aromatic rings. The van der Waals surface area contributed by atoms with Crippen LogP contribution in [-0.4, -0.2) is 258 Å². The number of aryl methyl sites for hydroxylation is 1. The van der Waals surface area contributed by atoms with E-state index in [1.54, 1.807) is 0 Å². The molecule has 404 valence electrons. The highest BCUT2D eigenvalue weighted by Gasteiger charge is 2.55. The van der Waals surface area contributed by atoms with E-state index in [9.17, 15) is 56.2 Å². The average Bonchev–Trinajstić information content (AvgIpc) is 3.34. The summed E-state index contributed by atoms with van der Waals surface area (Å²) < 4.78 is 56.4. The molecule has 24 heteroatoms. The molecule has 4 aliphatic rings. The third-order valence-electron chi connectivity index (χ3n) is 12.4. The second kappa shape index (κ2) is 30.3. The van der Waals surface area contributed by atoms with E-state index in [-0.39, 0.29) is 12.6 Å². The van der Waals surface area contributed by atoms with Crippen LogP contribution in [0.4, 0.5) is 5.69 Å². The molecule has 0 aliphatic carbocycles. The predicted octanol–water partition coefficient (Wildman–Crippen LogP) is -4.10. The minimum absolute atomic E-state index is 0.172. The summed E-state index contributed by atoms with van der Waals surface area (Å²) in [7, 11) is 6.60. The van der Waals surface area contributed by atoms with Crippen molar-refractivity contribution in [3.63, 3.8) is 0 Å². The molecule has 4 saturated heterocycles. The van der Waals surface area contributed by atoms with Crippen molar-refractivity contribution in [2.24, 2.45) is 5.73 Å². The number of unbranched alkanes of at least 4 members (excludes halogenated alkanes) is 1. The number of benzene rings is 1. The number of nitrogens with two attached hydrogens (primary N) is 1. The van der Waals surface area contributed by atoms with Crippen molar-refractivity contribution in [1.29, 1.82) is 0 Å². The SMILES string of the molecule is CCC(N)c1ccc(N(C)C)cc1C.CCCCO.COC1C(CO)OC(OCC2OC(OC3C(CO)OC(C)C(O)C3O)C(O)C(O)C2OC2OC(CO)C(OC)C(O)C2OCCO)C(O)C1O. The molecule has 0 amide bonds. The topological polar surface area (TPSA) is 364 Å². The summed E-state index contributed by atoms with van der Waals surface area (Å²) >= 11 is 0. The second-order valence-electron chi connectivity index (χ2n) is 17.5. The lowest BCUT2D eigenvalue weighted by Crippen LogP contribution is -2.67. The third kappa shape index (κ3) is 16.0. The molecule has 0 saturated carbocycles. The molecule has 4 heterocycles. The van der Waals surface area contributed by atoms with Gasteiger partial charge in [-0.25, -0.2) is 0 Å². The van der Waals surface area contributed by atoms with Crippen LogP contribution in [0.1, 0.15) is 57.2 Å². The van der Waals surface area contributed by atoms with Gasteiger partial charge < -0.3 is 119 Å². The number of ether oxygens (including phenoxy) is 10. The van der Waals surface area contributed by atoms with Crippen molar-refractivity contribution in [1.82, 2.24) is 0 Å². The van der Waals surface area contributed by atoms with E-state index in [1.165, 1.54) is 38.0 Å². The van der Waals surface area contributed by atoms with E-state index in [1.807, 2.05) is 14.1 Å². The van der Waals surface area contributed by atoms with Gasteiger partial charge in [-0.2, -0.15) is 0 Å². The second-order valence-corrected chi connectivity index (χ2v) is 17.5. The molecule has 0 bridgehead atoms. The van der Waals surface area contributed by atoms with Crippen LogP contribution in [0.15, 0.2) is 18.2 Å². The fraction of sp³-hybridized carbons (Fsp3) is 0.867. The number of hydrogen-bond donors (Lipinski definition) is 13. The molecule has 5 rings (SSSR count). The van der Waals surface area contributed by atoms with E-state index in [4.69, 9.17) is 58.2 Å². The first kappa shape index (κ1) is 61.4. The number of methoxy groups -OCH3 is 2. The van der Waals surface area contributed by atoms with Crippen LogP contribution in [0.25, 0.3) is 0 Å². The zero-order valence-electron chi connectivity index (χ0n) is 40.9. The van der Waals surface area contributed by atoms with Gasteiger partial charge in [-0.1, -0.05) is 26.3 Å². The Kier molecular flexibility index (Phi) is 27.0. The van der Waals surface area contributed by atoms with Crippen LogP contribution in [-0.2, 0) is 47.4 Å². The Morgan fingerprint density at radius 2 is 1.12 bits per heavy atom. The monoisotopic (exact) mass is 1000 g/mol. The summed E-state index contributed by atoms with van der Waals surface area (Å²) in [5, 5.41) is 123. The molecule has 4 aliphatic heterocycles. The minimum Gasteiger partial charge on any atom is -0.396 e. The maximum absolute atomic E-state index is 11.4. The summed E-state index contributed by atoms with van der Waals surface area (Å²) in [6.07, 6.45) is -26.3. The molecule has 4 fully saturated rings.